The fourth-order valence-electron chi connectivity index (χ4n) is 9.23. The molecule has 0 saturated heterocycles. The van der Waals surface area contributed by atoms with Crippen LogP contribution in [0.5, 0.6) is 0 Å². The molecule has 0 heterocycles. The van der Waals surface area contributed by atoms with E-state index in [0.717, 1.165) is 88.4 Å². The van der Waals surface area contributed by atoms with Crippen LogP contribution < -0.4 is 0 Å². The molecule has 0 aromatic carbocycles. The lowest BCUT2D eigenvalue weighted by molar-refractivity contribution is -0.0887. The Labute approximate surface area is 237 Å². The normalized spacial score (nSPS) is 40.5. The van der Waals surface area contributed by atoms with E-state index in [1.165, 1.54) is 57.8 Å². The standard InChI is InChI=1S/C34H58F4O/c1-3-4-5-6-7-22-39-31-21-20-30(32(35)33(31)36)29-18-16-28(17-19-29)27-14-12-26(13-15-27)25-10-8-24(9-11-25)23-34(2,37)38/h24-33H,3-23H2,1-2H3. The van der Waals surface area contributed by atoms with Crippen LogP contribution in [0.15, 0.2) is 0 Å². The molecule has 0 aliphatic heterocycles. The van der Waals surface area contributed by atoms with Gasteiger partial charge in [0.2, 0.25) is 5.92 Å². The van der Waals surface area contributed by atoms with Gasteiger partial charge in [-0.3, -0.25) is 0 Å². The van der Waals surface area contributed by atoms with Crippen molar-refractivity contribution in [2.24, 2.45) is 41.4 Å². The maximum absolute atomic E-state index is 15.2. The quantitative estimate of drug-likeness (QED) is 0.171. The Bertz CT molecular complexity index is 671. The third-order valence-corrected chi connectivity index (χ3v) is 11.5. The molecular formula is C34H58F4O. The van der Waals surface area contributed by atoms with Gasteiger partial charge >= 0.3 is 0 Å². The number of halogens is 4. The van der Waals surface area contributed by atoms with Crippen molar-refractivity contribution < 1.29 is 22.3 Å². The Morgan fingerprint density at radius 1 is 0.590 bits per heavy atom. The summed E-state index contributed by atoms with van der Waals surface area (Å²) < 4.78 is 62.8. The molecule has 4 rings (SSSR count). The van der Waals surface area contributed by atoms with Gasteiger partial charge in [0, 0.05) is 13.0 Å². The molecule has 0 radical (unpaired) electrons. The molecule has 0 amide bonds. The molecule has 39 heavy (non-hydrogen) atoms. The van der Waals surface area contributed by atoms with Crippen LogP contribution in [0.25, 0.3) is 0 Å². The first-order valence-electron chi connectivity index (χ1n) is 17.0. The van der Waals surface area contributed by atoms with E-state index < -0.39 is 24.4 Å². The van der Waals surface area contributed by atoms with Crippen LogP contribution in [0.3, 0.4) is 0 Å². The van der Waals surface area contributed by atoms with E-state index in [1.807, 2.05) is 0 Å². The molecule has 0 aromatic heterocycles. The predicted molar refractivity (Wildman–Crippen MR) is 153 cm³/mol. The van der Waals surface area contributed by atoms with Gasteiger partial charge in [-0.2, -0.15) is 0 Å². The summed E-state index contributed by atoms with van der Waals surface area (Å²) in [6, 6.07) is 0. The van der Waals surface area contributed by atoms with Gasteiger partial charge in [-0.1, -0.05) is 32.6 Å². The van der Waals surface area contributed by atoms with Crippen molar-refractivity contribution in [1.29, 1.82) is 0 Å². The summed E-state index contributed by atoms with van der Waals surface area (Å²) in [7, 11) is 0. The maximum Gasteiger partial charge on any atom is 0.245 e. The van der Waals surface area contributed by atoms with Crippen molar-refractivity contribution in [2.75, 3.05) is 6.61 Å². The second kappa shape index (κ2) is 15.2. The molecule has 0 aromatic rings. The van der Waals surface area contributed by atoms with Gasteiger partial charge in [0.1, 0.15) is 6.17 Å². The van der Waals surface area contributed by atoms with E-state index in [4.69, 9.17) is 4.74 Å². The summed E-state index contributed by atoms with van der Waals surface area (Å²) in [5.74, 6) is 1.02. The molecule has 228 valence electrons. The van der Waals surface area contributed by atoms with Crippen LogP contribution in [-0.4, -0.2) is 31.0 Å². The predicted octanol–water partition coefficient (Wildman–Crippen LogP) is 10.9. The lowest BCUT2D eigenvalue weighted by Gasteiger charge is -2.44. The average molecular weight is 559 g/mol. The zero-order chi connectivity index (χ0) is 27.8. The van der Waals surface area contributed by atoms with Crippen LogP contribution in [0, 0.1) is 41.4 Å². The lowest BCUT2D eigenvalue weighted by Crippen LogP contribution is -2.46. The second-order valence-corrected chi connectivity index (χ2v) is 14.4. The van der Waals surface area contributed by atoms with Gasteiger partial charge in [-0.15, -0.1) is 0 Å². The molecule has 5 heteroatoms. The Hall–Kier alpha value is -0.320. The molecule has 4 fully saturated rings. The monoisotopic (exact) mass is 558 g/mol. The molecule has 1 nitrogen and oxygen atoms in total. The van der Waals surface area contributed by atoms with Gasteiger partial charge in [0.05, 0.1) is 6.10 Å². The molecule has 0 spiro atoms. The number of hydrogen-bond donors (Lipinski definition) is 0. The summed E-state index contributed by atoms with van der Waals surface area (Å²) in [5, 5.41) is 0. The number of rotatable bonds is 12. The Kier molecular flexibility index (Phi) is 12.4. The van der Waals surface area contributed by atoms with Crippen molar-refractivity contribution >= 4 is 0 Å². The minimum atomic E-state index is -2.52. The minimum absolute atomic E-state index is 0.0681. The maximum atomic E-state index is 15.2. The summed E-state index contributed by atoms with van der Waals surface area (Å²) >= 11 is 0. The van der Waals surface area contributed by atoms with Crippen molar-refractivity contribution in [3.63, 3.8) is 0 Å². The highest BCUT2D eigenvalue weighted by atomic mass is 19.3. The van der Waals surface area contributed by atoms with Crippen molar-refractivity contribution in [1.82, 2.24) is 0 Å². The fraction of sp³-hybridized carbons (Fsp3) is 1.00. The Balaban J connectivity index is 1.12. The number of hydrogen-bond acceptors (Lipinski definition) is 1. The van der Waals surface area contributed by atoms with E-state index >= 15 is 4.39 Å². The third-order valence-electron chi connectivity index (χ3n) is 11.5. The second-order valence-electron chi connectivity index (χ2n) is 14.4. The van der Waals surface area contributed by atoms with Crippen molar-refractivity contribution in [3.05, 3.63) is 0 Å². The van der Waals surface area contributed by atoms with Gasteiger partial charge in [0.25, 0.3) is 0 Å². The first kappa shape index (κ1) is 31.6. The van der Waals surface area contributed by atoms with E-state index in [2.05, 4.69) is 6.92 Å². The molecular weight excluding hydrogens is 500 g/mol. The molecule has 0 N–H and O–H groups in total. The fourth-order valence-corrected chi connectivity index (χ4v) is 9.23. The smallest absolute Gasteiger partial charge is 0.245 e. The van der Waals surface area contributed by atoms with Crippen LogP contribution in [0.2, 0.25) is 0 Å². The number of alkyl halides is 4. The molecule has 4 atom stereocenters. The topological polar surface area (TPSA) is 9.23 Å². The van der Waals surface area contributed by atoms with Crippen molar-refractivity contribution in [3.8, 4) is 0 Å². The summed E-state index contributed by atoms with van der Waals surface area (Å²) in [5.41, 5.74) is 0. The summed E-state index contributed by atoms with van der Waals surface area (Å²) in [6.45, 7) is 3.83. The molecule has 4 unspecified atom stereocenters. The highest BCUT2D eigenvalue weighted by molar-refractivity contribution is 4.94. The summed E-state index contributed by atoms with van der Waals surface area (Å²) in [6.07, 6.45) is 17.9. The van der Waals surface area contributed by atoms with Gasteiger partial charge in [-0.25, -0.2) is 17.6 Å². The first-order chi connectivity index (χ1) is 18.7. The zero-order valence-corrected chi connectivity index (χ0v) is 25.0. The zero-order valence-electron chi connectivity index (χ0n) is 25.0. The van der Waals surface area contributed by atoms with Crippen LogP contribution >= 0.6 is 0 Å². The lowest BCUT2D eigenvalue weighted by atomic mass is 9.63. The van der Waals surface area contributed by atoms with E-state index in [0.29, 0.717) is 18.9 Å². The number of unbranched alkanes of at least 4 members (excludes halogenated alkanes) is 4. The SMILES string of the molecule is CCCCCCCOC1CCC(C2CCC(C3CCC(C4CCC(CC(C)(F)F)CC4)CC3)CC2)C(F)C1F. The van der Waals surface area contributed by atoms with E-state index in [1.54, 1.807) is 0 Å². The largest absolute Gasteiger partial charge is 0.375 e. The summed E-state index contributed by atoms with van der Waals surface area (Å²) in [4.78, 5) is 0. The van der Waals surface area contributed by atoms with E-state index in [-0.39, 0.29) is 18.3 Å². The Morgan fingerprint density at radius 2 is 1.08 bits per heavy atom. The van der Waals surface area contributed by atoms with Gasteiger partial charge < -0.3 is 4.74 Å². The highest BCUT2D eigenvalue weighted by Gasteiger charge is 2.45. The minimum Gasteiger partial charge on any atom is -0.375 e. The van der Waals surface area contributed by atoms with Crippen molar-refractivity contribution in [2.45, 2.75) is 167 Å². The highest BCUT2D eigenvalue weighted by Crippen LogP contribution is 2.49. The van der Waals surface area contributed by atoms with E-state index in [9.17, 15) is 13.2 Å². The van der Waals surface area contributed by atoms with Gasteiger partial charge in [-0.05, 0) is 145 Å². The Morgan fingerprint density at radius 3 is 1.59 bits per heavy atom. The number of ether oxygens (including phenoxy) is 1. The van der Waals surface area contributed by atoms with Crippen LogP contribution in [0.4, 0.5) is 17.6 Å². The van der Waals surface area contributed by atoms with Crippen LogP contribution in [0.1, 0.15) is 142 Å². The van der Waals surface area contributed by atoms with Gasteiger partial charge in [0.15, 0.2) is 6.17 Å². The molecule has 4 saturated carbocycles. The molecule has 0 bridgehead atoms. The first-order valence-corrected chi connectivity index (χ1v) is 17.0. The van der Waals surface area contributed by atoms with Crippen LogP contribution in [-0.2, 0) is 4.74 Å². The molecule has 4 aliphatic rings. The third kappa shape index (κ3) is 9.34. The average Bonchev–Trinajstić information content (AvgIpc) is 2.93. The molecule has 4 aliphatic carbocycles.